The first-order valence-electron chi connectivity index (χ1n) is 7.09. The summed E-state index contributed by atoms with van der Waals surface area (Å²) >= 11 is 1.67. The maximum absolute atomic E-state index is 12.3. The van der Waals surface area contributed by atoms with Gasteiger partial charge in [0.1, 0.15) is 5.69 Å². The quantitative estimate of drug-likeness (QED) is 0.795. The Bertz CT molecular complexity index is 571. The topological polar surface area (TPSA) is 43.3 Å². The van der Waals surface area contributed by atoms with Gasteiger partial charge in [0, 0.05) is 25.8 Å². The van der Waals surface area contributed by atoms with Gasteiger partial charge in [0.05, 0.1) is 10.2 Å². The third kappa shape index (κ3) is 3.22. The third-order valence-corrected chi connectivity index (χ3v) is 4.02. The number of hydrogen-bond donors (Lipinski definition) is 1. The van der Waals surface area contributed by atoms with Crippen molar-refractivity contribution in [1.82, 2.24) is 9.88 Å². The Labute approximate surface area is 123 Å². The van der Waals surface area contributed by atoms with Crippen molar-refractivity contribution in [3.05, 3.63) is 23.2 Å². The van der Waals surface area contributed by atoms with Gasteiger partial charge in [-0.3, -0.25) is 4.79 Å². The van der Waals surface area contributed by atoms with Crippen LogP contribution in [0.1, 0.15) is 43.7 Å². The van der Waals surface area contributed by atoms with Crippen molar-refractivity contribution in [3.63, 3.8) is 0 Å². The first-order valence-corrected chi connectivity index (χ1v) is 7.97. The van der Waals surface area contributed by atoms with Gasteiger partial charge in [-0.15, -0.1) is 11.3 Å². The van der Waals surface area contributed by atoms with Gasteiger partial charge in [-0.25, -0.2) is 0 Å². The summed E-state index contributed by atoms with van der Waals surface area (Å²) in [6, 6.07) is 4.33. The van der Waals surface area contributed by atoms with Crippen LogP contribution in [0.5, 0.6) is 0 Å². The van der Waals surface area contributed by atoms with Crippen LogP contribution in [-0.4, -0.2) is 30.2 Å². The first kappa shape index (κ1) is 15.1. The summed E-state index contributed by atoms with van der Waals surface area (Å²) in [7, 11) is 0. The highest BCUT2D eigenvalue weighted by atomic mass is 32.1. The molecule has 0 aliphatic heterocycles. The molecule has 110 valence electrons. The predicted molar refractivity (Wildman–Crippen MR) is 83.6 cm³/mol. The average molecular weight is 294 g/mol. The van der Waals surface area contributed by atoms with Gasteiger partial charge in [-0.1, -0.05) is 0 Å². The molecule has 1 N–H and O–H groups in total. The van der Waals surface area contributed by atoms with Crippen molar-refractivity contribution in [2.75, 3.05) is 19.8 Å². The van der Waals surface area contributed by atoms with E-state index in [1.165, 1.54) is 0 Å². The highest BCUT2D eigenvalue weighted by Gasteiger charge is 2.17. The molecule has 0 spiro atoms. The zero-order valence-electron chi connectivity index (χ0n) is 12.3. The standard InChI is InChI=1S/C15H22N2O2S/c1-4-19-8-5-7-16-15(18)13-10-14-12(6-9-20-14)17(13)11(2)3/h6,9-11H,4-5,7-8H2,1-3H3,(H,16,18). The van der Waals surface area contributed by atoms with Crippen molar-refractivity contribution < 1.29 is 9.53 Å². The smallest absolute Gasteiger partial charge is 0.267 e. The van der Waals surface area contributed by atoms with Crippen LogP contribution in [0.25, 0.3) is 10.2 Å². The maximum atomic E-state index is 12.3. The number of fused-ring (bicyclic) bond motifs is 1. The van der Waals surface area contributed by atoms with E-state index in [1.807, 2.05) is 13.0 Å². The second-order valence-electron chi connectivity index (χ2n) is 4.97. The van der Waals surface area contributed by atoms with Crippen LogP contribution in [0.15, 0.2) is 17.5 Å². The van der Waals surface area contributed by atoms with E-state index in [2.05, 4.69) is 35.2 Å². The molecule has 2 aromatic rings. The summed E-state index contributed by atoms with van der Waals surface area (Å²) in [5.41, 5.74) is 1.89. The molecule has 2 aromatic heterocycles. The molecule has 0 fully saturated rings. The monoisotopic (exact) mass is 294 g/mol. The summed E-state index contributed by atoms with van der Waals surface area (Å²) in [5.74, 6) is -0.00130. The lowest BCUT2D eigenvalue weighted by Crippen LogP contribution is -2.28. The molecule has 20 heavy (non-hydrogen) atoms. The molecule has 0 bridgehead atoms. The molecule has 5 heteroatoms. The van der Waals surface area contributed by atoms with Gasteiger partial charge in [-0.05, 0) is 44.7 Å². The maximum Gasteiger partial charge on any atom is 0.267 e. The Morgan fingerprint density at radius 1 is 1.50 bits per heavy atom. The molecular weight excluding hydrogens is 272 g/mol. The van der Waals surface area contributed by atoms with E-state index >= 15 is 0 Å². The lowest BCUT2D eigenvalue weighted by molar-refractivity contribution is 0.0934. The fourth-order valence-corrected chi connectivity index (χ4v) is 3.10. The van der Waals surface area contributed by atoms with E-state index in [0.29, 0.717) is 13.2 Å². The van der Waals surface area contributed by atoms with Crippen LogP contribution in [-0.2, 0) is 4.74 Å². The van der Waals surface area contributed by atoms with Gasteiger partial charge < -0.3 is 14.6 Å². The van der Waals surface area contributed by atoms with E-state index < -0.39 is 0 Å². The number of rotatable bonds is 7. The van der Waals surface area contributed by atoms with Crippen molar-refractivity contribution in [1.29, 1.82) is 0 Å². The van der Waals surface area contributed by atoms with Gasteiger partial charge >= 0.3 is 0 Å². The van der Waals surface area contributed by atoms with Gasteiger partial charge in [0.25, 0.3) is 5.91 Å². The molecule has 2 rings (SSSR count). The van der Waals surface area contributed by atoms with Crippen molar-refractivity contribution in [3.8, 4) is 0 Å². The minimum Gasteiger partial charge on any atom is -0.382 e. The van der Waals surface area contributed by atoms with Gasteiger partial charge in [0.2, 0.25) is 0 Å². The summed E-state index contributed by atoms with van der Waals surface area (Å²) in [6.45, 7) is 8.24. The van der Waals surface area contributed by atoms with E-state index in [1.54, 1.807) is 11.3 Å². The number of thiophene rings is 1. The number of aromatic nitrogens is 1. The molecule has 0 radical (unpaired) electrons. The van der Waals surface area contributed by atoms with E-state index in [-0.39, 0.29) is 11.9 Å². The minimum absolute atomic E-state index is 0.00130. The second kappa shape index (κ2) is 6.90. The Morgan fingerprint density at radius 2 is 2.30 bits per heavy atom. The van der Waals surface area contributed by atoms with Crippen LogP contribution in [0, 0.1) is 0 Å². The molecule has 1 amide bonds. The summed E-state index contributed by atoms with van der Waals surface area (Å²) in [4.78, 5) is 12.3. The van der Waals surface area contributed by atoms with E-state index in [9.17, 15) is 4.79 Å². The highest BCUT2D eigenvalue weighted by molar-refractivity contribution is 7.17. The van der Waals surface area contributed by atoms with Crippen LogP contribution in [0.3, 0.4) is 0 Å². The normalized spacial score (nSPS) is 11.4. The Kier molecular flexibility index (Phi) is 5.20. The predicted octanol–water partition coefficient (Wildman–Crippen LogP) is 3.44. The number of carbonyl (C=O) groups excluding carboxylic acids is 1. The van der Waals surface area contributed by atoms with Crippen molar-refractivity contribution in [2.45, 2.75) is 33.2 Å². The SMILES string of the molecule is CCOCCCNC(=O)c1cc2sccc2n1C(C)C. The van der Waals surface area contributed by atoms with Gasteiger partial charge in [0.15, 0.2) is 0 Å². The van der Waals surface area contributed by atoms with Crippen LogP contribution < -0.4 is 5.32 Å². The molecule has 0 aliphatic carbocycles. The van der Waals surface area contributed by atoms with E-state index in [0.717, 1.165) is 28.9 Å². The lowest BCUT2D eigenvalue weighted by atomic mass is 10.3. The minimum atomic E-state index is -0.00130. The molecule has 0 unspecified atom stereocenters. The van der Waals surface area contributed by atoms with Gasteiger partial charge in [-0.2, -0.15) is 0 Å². The first-order chi connectivity index (χ1) is 9.65. The van der Waals surface area contributed by atoms with E-state index in [4.69, 9.17) is 4.74 Å². The summed E-state index contributed by atoms with van der Waals surface area (Å²) in [6.07, 6.45) is 0.844. The molecule has 2 heterocycles. The Hall–Kier alpha value is -1.33. The zero-order chi connectivity index (χ0) is 14.5. The fraction of sp³-hybridized carbons (Fsp3) is 0.533. The zero-order valence-corrected chi connectivity index (χ0v) is 13.1. The highest BCUT2D eigenvalue weighted by Crippen LogP contribution is 2.28. The van der Waals surface area contributed by atoms with Crippen LogP contribution in [0.4, 0.5) is 0 Å². The number of amides is 1. The number of hydrogen-bond acceptors (Lipinski definition) is 3. The molecule has 4 nitrogen and oxygen atoms in total. The Balaban J connectivity index is 2.05. The third-order valence-electron chi connectivity index (χ3n) is 3.16. The molecule has 0 atom stereocenters. The summed E-state index contributed by atoms with van der Waals surface area (Å²) in [5, 5.41) is 5.03. The molecule has 0 aliphatic rings. The van der Waals surface area contributed by atoms with Crippen molar-refractivity contribution in [2.24, 2.45) is 0 Å². The lowest BCUT2D eigenvalue weighted by Gasteiger charge is -2.14. The number of carbonyl (C=O) groups is 1. The van der Waals surface area contributed by atoms with Crippen LogP contribution in [0.2, 0.25) is 0 Å². The molecule has 0 saturated carbocycles. The molecular formula is C15H22N2O2S. The second-order valence-corrected chi connectivity index (χ2v) is 5.92. The average Bonchev–Trinajstić information content (AvgIpc) is 2.97. The number of nitrogens with zero attached hydrogens (tertiary/aromatic N) is 1. The van der Waals surface area contributed by atoms with Crippen LogP contribution >= 0.6 is 11.3 Å². The molecule has 0 saturated heterocycles. The largest absolute Gasteiger partial charge is 0.382 e. The summed E-state index contributed by atoms with van der Waals surface area (Å²) < 4.78 is 8.53. The number of nitrogens with one attached hydrogen (secondary N) is 1. The Morgan fingerprint density at radius 3 is 3.00 bits per heavy atom. The fourth-order valence-electron chi connectivity index (χ4n) is 2.29. The van der Waals surface area contributed by atoms with Crippen molar-refractivity contribution >= 4 is 27.5 Å². The molecule has 0 aromatic carbocycles. The number of ether oxygens (including phenoxy) is 1.